The Hall–Kier alpha value is -3.42. The third-order valence-corrected chi connectivity index (χ3v) is 6.63. The largest absolute Gasteiger partial charge is 0.330 e. The van der Waals surface area contributed by atoms with Crippen LogP contribution in [-0.2, 0) is 25.7 Å². The lowest BCUT2D eigenvalue weighted by Gasteiger charge is -2.13. The smallest absolute Gasteiger partial charge is 0.124 e. The van der Waals surface area contributed by atoms with Crippen molar-refractivity contribution in [3.63, 3.8) is 0 Å². The summed E-state index contributed by atoms with van der Waals surface area (Å²) in [6.07, 6.45) is 2.87. The molecule has 0 aliphatic heterocycles. The van der Waals surface area contributed by atoms with Gasteiger partial charge in [0.25, 0.3) is 0 Å². The number of hydrogen-bond donors (Lipinski definition) is 4. The van der Waals surface area contributed by atoms with E-state index in [1.165, 1.54) is 24.3 Å². The van der Waals surface area contributed by atoms with Gasteiger partial charge in [-0.05, 0) is 144 Å². The lowest BCUT2D eigenvalue weighted by Crippen LogP contribution is -2.06. The molecule has 0 aromatic heterocycles. The maximum Gasteiger partial charge on any atom is 0.124 e. The van der Waals surface area contributed by atoms with Crippen molar-refractivity contribution >= 4 is 0 Å². The maximum atomic E-state index is 14.9. The third-order valence-electron chi connectivity index (χ3n) is 6.63. The lowest BCUT2D eigenvalue weighted by molar-refractivity contribution is 0.626. The molecule has 198 valence electrons. The number of rotatable bonds is 11. The van der Waals surface area contributed by atoms with Crippen molar-refractivity contribution in [3.8, 4) is 33.4 Å². The highest BCUT2D eigenvalue weighted by Crippen LogP contribution is 2.33. The molecule has 6 heteroatoms. The molecule has 0 unspecified atom stereocenters. The van der Waals surface area contributed by atoms with Gasteiger partial charge < -0.3 is 22.9 Å². The van der Waals surface area contributed by atoms with E-state index in [1.807, 2.05) is 36.4 Å². The van der Waals surface area contributed by atoms with Crippen LogP contribution >= 0.6 is 0 Å². The molecule has 4 aromatic rings. The molecule has 0 aliphatic rings. The van der Waals surface area contributed by atoms with Gasteiger partial charge in [0.1, 0.15) is 11.6 Å². The second-order valence-corrected chi connectivity index (χ2v) is 9.69. The van der Waals surface area contributed by atoms with Gasteiger partial charge in [-0.25, -0.2) is 8.78 Å². The second kappa shape index (κ2) is 12.9. The van der Waals surface area contributed by atoms with Gasteiger partial charge in [-0.1, -0.05) is 36.4 Å². The summed E-state index contributed by atoms with van der Waals surface area (Å²) < 4.78 is 29.9. The molecule has 38 heavy (non-hydrogen) atoms. The van der Waals surface area contributed by atoms with Gasteiger partial charge in [0.15, 0.2) is 0 Å². The van der Waals surface area contributed by atoms with Crippen LogP contribution in [0.1, 0.15) is 22.3 Å². The van der Waals surface area contributed by atoms with Gasteiger partial charge in [-0.15, -0.1) is 0 Å². The highest BCUT2D eigenvalue weighted by Gasteiger charge is 2.12. The fourth-order valence-electron chi connectivity index (χ4n) is 4.95. The average molecular weight is 515 g/mol. The van der Waals surface area contributed by atoms with Crippen LogP contribution in [0.3, 0.4) is 0 Å². The molecule has 0 fully saturated rings. The molecule has 0 spiro atoms. The minimum Gasteiger partial charge on any atom is -0.330 e. The van der Waals surface area contributed by atoms with Gasteiger partial charge in [0.05, 0.1) is 0 Å². The molecule has 0 atom stereocenters. The average Bonchev–Trinajstić information content (AvgIpc) is 2.88. The Morgan fingerprint density at radius 1 is 0.342 bits per heavy atom. The first-order valence-electron chi connectivity index (χ1n) is 13.1. The number of hydrogen-bond acceptors (Lipinski definition) is 4. The zero-order valence-electron chi connectivity index (χ0n) is 21.7. The topological polar surface area (TPSA) is 104 Å². The Balaban J connectivity index is 1.79. The van der Waals surface area contributed by atoms with Gasteiger partial charge in [-0.3, -0.25) is 0 Å². The highest BCUT2D eigenvalue weighted by molar-refractivity contribution is 5.78. The standard InChI is InChI=1S/C32H36F2N4/c33-31-17-27(25-11-21(1-5-35)9-22(12-25)2-6-36)15-29(19-31)30-16-28(18-32(34)20-30)26-13-23(3-7-37)10-24(14-26)4-8-38/h9-20H,1-8,35-38H2. The molecule has 4 nitrogen and oxygen atoms in total. The SMILES string of the molecule is NCCc1cc(CCN)cc(-c2cc(F)cc(-c3cc(F)cc(-c4cc(CCN)cc(CCN)c4)c3)c2)c1. The quantitative estimate of drug-likeness (QED) is 0.227. The molecule has 0 radical (unpaired) electrons. The summed E-state index contributed by atoms with van der Waals surface area (Å²) in [5, 5.41) is 0. The number of halogens is 2. The summed E-state index contributed by atoms with van der Waals surface area (Å²) in [7, 11) is 0. The van der Waals surface area contributed by atoms with Crippen LogP contribution in [0.25, 0.3) is 33.4 Å². The fraction of sp³-hybridized carbons (Fsp3) is 0.250. The molecule has 0 saturated heterocycles. The zero-order valence-corrected chi connectivity index (χ0v) is 21.7. The summed E-state index contributed by atoms with van der Waals surface area (Å²) in [4.78, 5) is 0. The molecule has 8 N–H and O–H groups in total. The van der Waals surface area contributed by atoms with Crippen LogP contribution < -0.4 is 22.9 Å². The first-order chi connectivity index (χ1) is 18.4. The van der Waals surface area contributed by atoms with Crippen molar-refractivity contribution in [3.05, 3.63) is 107 Å². The Morgan fingerprint density at radius 2 is 0.579 bits per heavy atom. The molecule has 0 saturated carbocycles. The predicted molar refractivity (Wildman–Crippen MR) is 154 cm³/mol. The van der Waals surface area contributed by atoms with E-state index in [-0.39, 0.29) is 11.6 Å². The molecule has 0 bridgehead atoms. The van der Waals surface area contributed by atoms with E-state index < -0.39 is 0 Å². The Labute approximate surface area is 223 Å². The van der Waals surface area contributed by atoms with E-state index in [1.54, 1.807) is 0 Å². The summed E-state index contributed by atoms with van der Waals surface area (Å²) in [5.74, 6) is -0.772. The minimum absolute atomic E-state index is 0.386. The summed E-state index contributed by atoms with van der Waals surface area (Å²) in [6.45, 7) is 2.08. The Kier molecular flexibility index (Phi) is 9.37. The van der Waals surface area contributed by atoms with Gasteiger partial charge in [0.2, 0.25) is 0 Å². The van der Waals surface area contributed by atoms with Crippen LogP contribution in [-0.4, -0.2) is 26.2 Å². The maximum absolute atomic E-state index is 14.9. The van der Waals surface area contributed by atoms with E-state index in [0.29, 0.717) is 37.3 Å². The van der Waals surface area contributed by atoms with Crippen molar-refractivity contribution in [1.82, 2.24) is 0 Å². The Bertz CT molecular complexity index is 1250. The van der Waals surface area contributed by atoms with Gasteiger partial charge in [0, 0.05) is 0 Å². The van der Waals surface area contributed by atoms with Crippen LogP contribution in [0.4, 0.5) is 8.78 Å². The Morgan fingerprint density at radius 3 is 0.816 bits per heavy atom. The van der Waals surface area contributed by atoms with Crippen LogP contribution in [0.2, 0.25) is 0 Å². The molecule has 0 aliphatic carbocycles. The molecule has 4 rings (SSSR count). The molecular weight excluding hydrogens is 478 g/mol. The van der Waals surface area contributed by atoms with E-state index in [0.717, 1.165) is 70.2 Å². The summed E-state index contributed by atoms with van der Waals surface area (Å²) in [6, 6.07) is 22.0. The van der Waals surface area contributed by atoms with E-state index in [2.05, 4.69) is 12.1 Å². The van der Waals surface area contributed by atoms with E-state index in [9.17, 15) is 8.78 Å². The van der Waals surface area contributed by atoms with Crippen LogP contribution in [0, 0.1) is 11.6 Å². The third kappa shape index (κ3) is 6.91. The highest BCUT2D eigenvalue weighted by atomic mass is 19.1. The monoisotopic (exact) mass is 514 g/mol. The van der Waals surface area contributed by atoms with Crippen molar-refractivity contribution < 1.29 is 8.78 Å². The second-order valence-electron chi connectivity index (χ2n) is 9.69. The molecule has 0 amide bonds. The first kappa shape index (κ1) is 27.6. The molecule has 0 heterocycles. The minimum atomic E-state index is -0.386. The van der Waals surface area contributed by atoms with Crippen LogP contribution in [0.15, 0.2) is 72.8 Å². The zero-order chi connectivity index (χ0) is 27.1. The summed E-state index contributed by atoms with van der Waals surface area (Å²) in [5.41, 5.74) is 31.9. The van der Waals surface area contributed by atoms with Crippen molar-refractivity contribution in [2.75, 3.05) is 26.2 Å². The number of nitrogens with two attached hydrogens (primary N) is 4. The van der Waals surface area contributed by atoms with E-state index >= 15 is 0 Å². The lowest BCUT2D eigenvalue weighted by atomic mass is 9.92. The fourth-order valence-corrected chi connectivity index (χ4v) is 4.95. The van der Waals surface area contributed by atoms with Crippen molar-refractivity contribution in [2.45, 2.75) is 25.7 Å². The molecule has 4 aromatic carbocycles. The van der Waals surface area contributed by atoms with Crippen LogP contribution in [0.5, 0.6) is 0 Å². The normalized spacial score (nSPS) is 11.2. The predicted octanol–water partition coefficient (Wildman–Crippen LogP) is 4.97. The van der Waals surface area contributed by atoms with E-state index in [4.69, 9.17) is 22.9 Å². The van der Waals surface area contributed by atoms with Gasteiger partial charge in [-0.2, -0.15) is 0 Å². The first-order valence-corrected chi connectivity index (χ1v) is 13.1. The van der Waals surface area contributed by atoms with Gasteiger partial charge >= 0.3 is 0 Å². The summed E-state index contributed by atoms with van der Waals surface area (Å²) >= 11 is 0. The number of benzene rings is 4. The van der Waals surface area contributed by atoms with Crippen molar-refractivity contribution in [2.24, 2.45) is 22.9 Å². The van der Waals surface area contributed by atoms with Crippen molar-refractivity contribution in [1.29, 1.82) is 0 Å². The molecular formula is C32H36F2N4.